The minimum atomic E-state index is 0.358. The maximum Gasteiger partial charge on any atom is 0.105 e. The van der Waals surface area contributed by atoms with E-state index in [-0.39, 0.29) is 0 Å². The first kappa shape index (κ1) is 8.55. The highest BCUT2D eigenvalue weighted by Gasteiger charge is 1.94. The molecule has 0 aliphatic heterocycles. The van der Waals surface area contributed by atoms with Crippen LogP contribution in [0.25, 0.3) is 0 Å². The van der Waals surface area contributed by atoms with E-state index in [0.29, 0.717) is 6.54 Å². The van der Waals surface area contributed by atoms with Gasteiger partial charge in [-0.3, -0.25) is 5.41 Å². The summed E-state index contributed by atoms with van der Waals surface area (Å²) in [6.07, 6.45) is 2.53. The first-order chi connectivity index (χ1) is 4.74. The maximum atomic E-state index is 6.74. The molecule has 0 unspecified atom stereocenters. The fourth-order valence-electron chi connectivity index (χ4n) is 0.382. The van der Waals surface area contributed by atoms with Crippen LogP contribution in [-0.4, -0.2) is 17.9 Å². The van der Waals surface area contributed by atoms with Crippen molar-refractivity contribution in [3.05, 3.63) is 24.8 Å². The minimum absolute atomic E-state index is 0.358. The summed E-state index contributed by atoms with van der Waals surface area (Å²) in [5.41, 5.74) is 7.29. The van der Waals surface area contributed by atoms with Crippen LogP contribution in [0.2, 0.25) is 0 Å². The van der Waals surface area contributed by atoms with E-state index in [9.17, 15) is 0 Å². The van der Waals surface area contributed by atoms with Gasteiger partial charge in [-0.2, -0.15) is 5.53 Å². The molecule has 2 N–H and O–H groups in total. The lowest BCUT2D eigenvalue weighted by Crippen LogP contribution is -2.15. The molecule has 54 valence electrons. The van der Waals surface area contributed by atoms with Gasteiger partial charge in [0.15, 0.2) is 0 Å². The first-order valence-electron chi connectivity index (χ1n) is 2.69. The molecular weight excluding hydrogens is 128 g/mol. The highest BCUT2D eigenvalue weighted by molar-refractivity contribution is 5.50. The summed E-state index contributed by atoms with van der Waals surface area (Å²) in [6, 6.07) is 0. The average molecular weight is 138 g/mol. The fourth-order valence-corrected chi connectivity index (χ4v) is 0.382. The molecule has 0 atom stereocenters. The Morgan fingerprint density at radius 3 is 2.60 bits per heavy atom. The van der Waals surface area contributed by atoms with Gasteiger partial charge < -0.3 is 0 Å². The number of nitrogens with one attached hydrogen (secondary N) is 2. The monoisotopic (exact) mass is 138 g/mol. The van der Waals surface area contributed by atoms with Gasteiger partial charge in [0.25, 0.3) is 0 Å². The zero-order chi connectivity index (χ0) is 7.98. The summed E-state index contributed by atoms with van der Waals surface area (Å²) in [5, 5.41) is 10.9. The van der Waals surface area contributed by atoms with Crippen LogP contribution in [0.5, 0.6) is 0 Å². The van der Waals surface area contributed by atoms with E-state index in [4.69, 9.17) is 10.9 Å². The summed E-state index contributed by atoms with van der Waals surface area (Å²) in [7, 11) is 0. The van der Waals surface area contributed by atoms with E-state index in [2.05, 4.69) is 18.4 Å². The Balaban J connectivity index is 3.84. The highest BCUT2D eigenvalue weighted by Crippen LogP contribution is 1.94. The van der Waals surface area contributed by atoms with Gasteiger partial charge in [-0.15, -0.1) is 0 Å². The van der Waals surface area contributed by atoms with Crippen LogP contribution >= 0.6 is 0 Å². The lowest BCUT2D eigenvalue weighted by atomic mass is 10.3. The second-order valence-corrected chi connectivity index (χ2v) is 1.69. The van der Waals surface area contributed by atoms with Crippen LogP contribution in [0, 0.1) is 10.9 Å². The zero-order valence-electron chi connectivity index (χ0n) is 5.67. The molecule has 0 amide bonds. The van der Waals surface area contributed by atoms with Crippen molar-refractivity contribution in [1.29, 1.82) is 10.9 Å². The van der Waals surface area contributed by atoms with Crippen LogP contribution in [-0.2, 0) is 0 Å². The topological polar surface area (TPSA) is 63.3 Å². The van der Waals surface area contributed by atoms with Gasteiger partial charge in [0.1, 0.15) is 6.34 Å². The van der Waals surface area contributed by atoms with E-state index in [1.807, 2.05) is 0 Å². The SMILES string of the molecule is C=CC(=C)CN(C=N)N=N. The van der Waals surface area contributed by atoms with Gasteiger partial charge in [0.05, 0.1) is 6.54 Å². The molecule has 0 heterocycles. The van der Waals surface area contributed by atoms with Crippen molar-refractivity contribution in [2.75, 3.05) is 6.54 Å². The zero-order valence-corrected chi connectivity index (χ0v) is 5.67. The summed E-state index contributed by atoms with van der Waals surface area (Å²) >= 11 is 0. The van der Waals surface area contributed by atoms with Gasteiger partial charge >= 0.3 is 0 Å². The molecule has 4 nitrogen and oxygen atoms in total. The normalized spacial score (nSPS) is 8.00. The van der Waals surface area contributed by atoms with Crippen LogP contribution in [0.15, 0.2) is 30.0 Å². The molecule has 0 spiro atoms. The molecule has 4 heteroatoms. The molecule has 0 saturated carbocycles. The van der Waals surface area contributed by atoms with E-state index in [1.54, 1.807) is 6.08 Å². The predicted octanol–water partition coefficient (Wildman–Crippen LogP) is 1.58. The van der Waals surface area contributed by atoms with Crippen molar-refractivity contribution in [1.82, 2.24) is 5.01 Å². The third kappa shape index (κ3) is 2.76. The van der Waals surface area contributed by atoms with Crippen LogP contribution in [0.1, 0.15) is 0 Å². The Labute approximate surface area is 59.8 Å². The van der Waals surface area contributed by atoms with Crippen LogP contribution < -0.4 is 0 Å². The molecule has 0 aromatic rings. The fraction of sp³-hybridized carbons (Fsp3) is 0.167. The molecule has 0 bridgehead atoms. The lowest BCUT2D eigenvalue weighted by Gasteiger charge is -2.08. The lowest BCUT2D eigenvalue weighted by molar-refractivity contribution is 0.451. The van der Waals surface area contributed by atoms with Gasteiger partial charge in [0.2, 0.25) is 0 Å². The van der Waals surface area contributed by atoms with Crippen molar-refractivity contribution < 1.29 is 0 Å². The van der Waals surface area contributed by atoms with Crippen molar-refractivity contribution >= 4 is 6.34 Å². The molecule has 0 aromatic carbocycles. The van der Waals surface area contributed by atoms with E-state index >= 15 is 0 Å². The van der Waals surface area contributed by atoms with Crippen molar-refractivity contribution in [2.24, 2.45) is 5.22 Å². The summed E-state index contributed by atoms with van der Waals surface area (Å²) < 4.78 is 0. The Morgan fingerprint density at radius 2 is 2.30 bits per heavy atom. The van der Waals surface area contributed by atoms with Gasteiger partial charge in [-0.05, 0) is 5.57 Å². The van der Waals surface area contributed by atoms with Crippen molar-refractivity contribution in [3.8, 4) is 0 Å². The van der Waals surface area contributed by atoms with E-state index < -0.39 is 0 Å². The van der Waals surface area contributed by atoms with Crippen LogP contribution in [0.4, 0.5) is 0 Å². The third-order valence-corrected chi connectivity index (χ3v) is 0.931. The molecule has 0 aliphatic rings. The molecule has 10 heavy (non-hydrogen) atoms. The van der Waals surface area contributed by atoms with Gasteiger partial charge in [-0.25, -0.2) is 5.01 Å². The minimum Gasteiger partial charge on any atom is -0.290 e. The standard InChI is InChI=1S/C6H10N4/c1-3-6(2)4-10(5-7)9-8/h3,5,7-8H,1-2,4H2. The molecule has 0 saturated heterocycles. The number of nitrogens with zero attached hydrogens (tertiary/aromatic N) is 2. The smallest absolute Gasteiger partial charge is 0.105 e. The highest BCUT2D eigenvalue weighted by atomic mass is 15.5. The molecule has 0 aromatic heterocycles. The quantitative estimate of drug-likeness (QED) is 0.196. The maximum absolute atomic E-state index is 6.74. The molecule has 0 rings (SSSR count). The second kappa shape index (κ2) is 4.43. The first-order valence-corrected chi connectivity index (χ1v) is 2.69. The number of hydrogen-bond acceptors (Lipinski definition) is 3. The second-order valence-electron chi connectivity index (χ2n) is 1.69. The molecular formula is C6H10N4. The summed E-state index contributed by atoms with van der Waals surface area (Å²) in [4.78, 5) is 0. The average Bonchev–Trinajstić information content (AvgIpc) is 1.99. The number of rotatable bonds is 5. The summed E-state index contributed by atoms with van der Waals surface area (Å²) in [5.74, 6) is 0. The Kier molecular flexibility index (Phi) is 3.79. The molecule has 0 fully saturated rings. The van der Waals surface area contributed by atoms with Crippen molar-refractivity contribution in [3.63, 3.8) is 0 Å². The summed E-state index contributed by atoms with van der Waals surface area (Å²) in [6.45, 7) is 7.44. The van der Waals surface area contributed by atoms with Gasteiger partial charge in [0, 0.05) is 0 Å². The van der Waals surface area contributed by atoms with E-state index in [0.717, 1.165) is 16.9 Å². The van der Waals surface area contributed by atoms with Crippen molar-refractivity contribution in [2.45, 2.75) is 0 Å². The number of hydrogen-bond donors (Lipinski definition) is 2. The Morgan fingerprint density at radius 1 is 1.70 bits per heavy atom. The largest absolute Gasteiger partial charge is 0.290 e. The Hall–Kier alpha value is -1.45. The predicted molar refractivity (Wildman–Crippen MR) is 40.0 cm³/mol. The van der Waals surface area contributed by atoms with E-state index in [1.165, 1.54) is 0 Å². The van der Waals surface area contributed by atoms with Crippen LogP contribution in [0.3, 0.4) is 0 Å². The third-order valence-electron chi connectivity index (χ3n) is 0.931. The molecule has 0 radical (unpaired) electrons. The Bertz CT molecular complexity index is 153. The van der Waals surface area contributed by atoms with Gasteiger partial charge in [-0.1, -0.05) is 24.5 Å². The molecule has 0 aliphatic carbocycles.